The van der Waals surface area contributed by atoms with Crippen molar-refractivity contribution in [1.29, 1.82) is 0 Å². The molecule has 0 fully saturated rings. The Balaban J connectivity index is 1.16. The molecule has 45 heteroatoms. The van der Waals surface area contributed by atoms with E-state index in [1.54, 1.807) is 26.8 Å². The first-order valence-corrected chi connectivity index (χ1v) is 43.4. The summed E-state index contributed by atoms with van der Waals surface area (Å²) >= 11 is 5.41. The minimum Gasteiger partial charge on any atom is -0.467 e. The molecule has 39 nitrogen and oxygen atoms in total. The van der Waals surface area contributed by atoms with Crippen molar-refractivity contribution in [3.63, 3.8) is 0 Å². The van der Waals surface area contributed by atoms with Crippen LogP contribution >= 0.6 is 68.9 Å². The second-order valence-electron chi connectivity index (χ2n) is 29.3. The molecule has 120 heavy (non-hydrogen) atoms. The number of nitrogens with zero attached hydrogens (tertiary/aromatic N) is 7. The van der Waals surface area contributed by atoms with Crippen LogP contribution in [0.15, 0.2) is 67.7 Å². The number of carbonyl (C=O) groups is 13. The van der Waals surface area contributed by atoms with Crippen molar-refractivity contribution in [2.75, 3.05) is 24.4 Å². The maximum atomic E-state index is 15.5. The number of hydrogen-bond donors (Lipinski definition) is 17. The molecule has 0 radical (unpaired) electrons. The molecule has 11 amide bonds. The van der Waals surface area contributed by atoms with Gasteiger partial charge in [-0.3, -0.25) is 68.0 Å². The van der Waals surface area contributed by atoms with Crippen LogP contribution in [0.3, 0.4) is 0 Å². The zero-order valence-electron chi connectivity index (χ0n) is 66.9. The van der Waals surface area contributed by atoms with Crippen LogP contribution in [-0.2, 0) is 58.2 Å². The van der Waals surface area contributed by atoms with Crippen LogP contribution in [0.5, 0.6) is 0 Å². The Bertz CT molecular complexity index is 4980. The molecule has 0 saturated heterocycles. The molecule has 0 spiro atoms. The van der Waals surface area contributed by atoms with Gasteiger partial charge in [0.2, 0.25) is 41.4 Å². The lowest BCUT2D eigenvalue weighted by molar-refractivity contribution is -0.144. The summed E-state index contributed by atoms with van der Waals surface area (Å²) in [4.78, 5) is 217. The number of hydrogen-bond acceptors (Lipinski definition) is 34. The summed E-state index contributed by atoms with van der Waals surface area (Å²) in [7, 11) is 1.12. The normalized spacial score (nSPS) is 26.7. The van der Waals surface area contributed by atoms with E-state index in [1.165, 1.54) is 95.1 Å². The quantitative estimate of drug-likeness (QED) is 0.0470. The number of nitrogens with two attached hydrogens (primary N) is 1. The maximum Gasteiger partial charge on any atom is 0.357 e. The Morgan fingerprint density at radius 1 is 0.783 bits per heavy atom. The Kier molecular flexibility index (Phi) is 30.0. The number of cyclic esters (lactones) is 1. The number of allylic oxidation sites excluding steroid dienone is 1. The van der Waals surface area contributed by atoms with Crippen LogP contribution in [0.2, 0.25) is 0 Å². The van der Waals surface area contributed by atoms with Crippen LogP contribution in [0.25, 0.3) is 6.08 Å². The maximum absolute atomic E-state index is 15.5. The molecule has 0 aromatic carbocycles. The van der Waals surface area contributed by atoms with Crippen LogP contribution < -0.4 is 64.2 Å². The van der Waals surface area contributed by atoms with Gasteiger partial charge >= 0.3 is 11.9 Å². The lowest BCUT2D eigenvalue weighted by Gasteiger charge is -2.41. The largest absolute Gasteiger partial charge is 0.467 e. The first kappa shape index (κ1) is 92.1. The van der Waals surface area contributed by atoms with Crippen molar-refractivity contribution in [3.05, 3.63) is 123 Å². The Morgan fingerprint density at radius 2 is 1.47 bits per heavy atom. The third kappa shape index (κ3) is 20.9. The van der Waals surface area contributed by atoms with Gasteiger partial charge in [-0.2, -0.15) is 11.8 Å². The molecule has 5 aromatic rings. The highest BCUT2D eigenvalue weighted by Crippen LogP contribution is 2.48. The number of pyridine rings is 1. The zero-order chi connectivity index (χ0) is 87.8. The number of aliphatic hydroxyl groups is 5. The molecule has 5 aromatic heterocycles. The fourth-order valence-electron chi connectivity index (χ4n) is 13.1. The van der Waals surface area contributed by atoms with E-state index in [4.69, 9.17) is 30.2 Å². The molecule has 10 rings (SSSR count). The highest BCUT2D eigenvalue weighted by atomic mass is 32.2. The topological polar surface area (TPSA) is 589 Å². The Morgan fingerprint density at radius 3 is 2.13 bits per heavy atom. The molecular weight excluding hydrogens is 1680 g/mol. The van der Waals surface area contributed by atoms with Gasteiger partial charge in [0.1, 0.15) is 126 Å². The average molecular weight is 1770 g/mol. The summed E-state index contributed by atoms with van der Waals surface area (Å²) in [6.45, 7) is 19.2. The van der Waals surface area contributed by atoms with Crippen molar-refractivity contribution in [3.8, 4) is 0 Å². The average Bonchev–Trinajstić information content (AvgIpc) is 1.46. The van der Waals surface area contributed by atoms with Gasteiger partial charge < -0.3 is 93.9 Å². The molecule has 5 aliphatic rings. The molecule has 4 aliphatic heterocycles. The summed E-state index contributed by atoms with van der Waals surface area (Å²) in [5.41, 5.74) is -0.235. The van der Waals surface area contributed by atoms with E-state index in [2.05, 4.69) is 85.0 Å². The minimum atomic E-state index is -2.22. The molecule has 1 aliphatic carbocycles. The number of thiazole rings is 4. The summed E-state index contributed by atoms with van der Waals surface area (Å²) in [6, 6.07) is -14.1. The number of carbonyl (C=O) groups excluding carboxylic acids is 13. The van der Waals surface area contributed by atoms with Gasteiger partial charge in [-0.25, -0.2) is 34.5 Å². The number of aliphatic imine (C=N–C) groups is 2. The first-order valence-electron chi connectivity index (χ1n) is 37.8. The van der Waals surface area contributed by atoms with Crippen molar-refractivity contribution >= 4 is 163 Å². The number of ether oxygens (including phenoxy) is 2. The van der Waals surface area contributed by atoms with E-state index >= 15 is 14.4 Å². The van der Waals surface area contributed by atoms with E-state index in [0.29, 0.717) is 6.42 Å². The predicted molar refractivity (Wildman–Crippen MR) is 442 cm³/mol. The number of methoxy groups -OCH3 is 1. The fraction of sp³-hybridized carbons (Fsp3) is 0.493. The van der Waals surface area contributed by atoms with Crippen molar-refractivity contribution < 1.29 is 97.3 Å². The molecule has 19 atom stereocenters. The summed E-state index contributed by atoms with van der Waals surface area (Å²) in [5, 5.41) is 93.1. The van der Waals surface area contributed by atoms with Crippen molar-refractivity contribution in [2.24, 2.45) is 21.6 Å². The summed E-state index contributed by atoms with van der Waals surface area (Å²) < 4.78 is 11.1. The highest BCUT2D eigenvalue weighted by molar-refractivity contribution is 8.14. The van der Waals surface area contributed by atoms with Gasteiger partial charge in [0.15, 0.2) is 0 Å². The molecule has 644 valence electrons. The Hall–Kier alpha value is -10.2. The number of esters is 2. The number of fused-ring (bicyclic) bond motifs is 7. The number of aromatic nitrogens is 5. The second-order valence-corrected chi connectivity index (χ2v) is 34.9. The summed E-state index contributed by atoms with van der Waals surface area (Å²) in [5.74, 6) is -12.6. The fourth-order valence-corrected chi connectivity index (χ4v) is 19.0. The van der Waals surface area contributed by atoms with Gasteiger partial charge in [0.05, 0.1) is 66.0 Å². The highest BCUT2D eigenvalue weighted by Gasteiger charge is 2.52. The smallest absolute Gasteiger partial charge is 0.357 e. The number of amides is 11. The standard InChI is InChI=1S/C75H93N19O20S6/c1-14-28(3)50-65(108)79-30(5)59(102)77-29(4)58(101)78-31(6)60(103)94-75-19-18-41(68-88-45(24-117-68)61(104)85-44(57(76)100)21-115-22-49(71(110)113-13)80-36(11)98)83-55(75)43-23-118-69(86-43)52(34(9)114-72(111)42-20-38(32(7)95)37-16-17-40(81-50)54(99)53(37)82-42)92-62(105)46-26-119-70(89-46)56(74(12,112)35(10)97)93-64(107)47-25-116-67(87-47)39(15-2)84-66(109)51(33(8)96)91-63(106)48-27-120-73(75)90-48/h15-17,20,23-24,26-28,30-35,40,44,47,49-52,54-56,81,95-97,99,112H,4,14,18-19,21-22,25H2,1-3,5-13H3,(H2,76,100)(H,77,102)(H,78,101)(H,79,108)(H,80,98)(H,84,109)(H,85,104)(H,91,106)(H,92,105)(H,93,107)(H,94,103)/b39-15-/t28-,30-,31-,32-,33+,34+,35+,40?,44?,47+,49?,50-,51-,52-,54-,55+,56+,74+,75?/m0/s1. The third-order valence-electron chi connectivity index (χ3n) is 20.5. The Labute approximate surface area is 711 Å². The van der Waals surface area contributed by atoms with Gasteiger partial charge in [-0.05, 0) is 85.8 Å². The molecule has 9 heterocycles. The second kappa shape index (κ2) is 39.1. The first-order chi connectivity index (χ1) is 56.7. The molecule has 13 bridgehead atoms. The monoisotopic (exact) mass is 1770 g/mol. The van der Waals surface area contributed by atoms with Crippen LogP contribution in [0.1, 0.15) is 210 Å². The molecule has 4 unspecified atom stereocenters. The van der Waals surface area contributed by atoms with Crippen LogP contribution in [-0.4, -0.2) is 235 Å². The lowest BCUT2D eigenvalue weighted by Crippen LogP contribution is -2.57. The van der Waals surface area contributed by atoms with Crippen LogP contribution in [0, 0.1) is 5.92 Å². The molecular formula is C75H93N19O20S6. The van der Waals surface area contributed by atoms with Gasteiger partial charge in [0, 0.05) is 51.3 Å². The predicted octanol–water partition coefficient (Wildman–Crippen LogP) is 0.410. The summed E-state index contributed by atoms with van der Waals surface area (Å²) in [6.07, 6.45) is -3.24. The van der Waals surface area contributed by atoms with Gasteiger partial charge in [-0.1, -0.05) is 45.1 Å². The van der Waals surface area contributed by atoms with E-state index < -0.39 is 208 Å². The molecule has 18 N–H and O–H groups in total. The van der Waals surface area contributed by atoms with E-state index in [-0.39, 0.29) is 100 Å². The number of thioether (sulfide) groups is 2. The zero-order valence-corrected chi connectivity index (χ0v) is 71.8. The van der Waals surface area contributed by atoms with E-state index in [9.17, 15) is 73.5 Å². The van der Waals surface area contributed by atoms with E-state index in [1.807, 2.05) is 0 Å². The van der Waals surface area contributed by atoms with E-state index in [0.717, 1.165) is 76.0 Å². The third-order valence-corrected chi connectivity index (χ3v) is 26.4. The van der Waals surface area contributed by atoms with Gasteiger partial charge in [-0.15, -0.1) is 57.1 Å². The number of primary amides is 1. The number of aliphatic hydroxyl groups excluding tert-OH is 4. The lowest BCUT2D eigenvalue weighted by atomic mass is 9.80. The van der Waals surface area contributed by atoms with Crippen molar-refractivity contribution in [1.82, 2.24) is 83.4 Å². The molecule has 0 saturated carbocycles. The van der Waals surface area contributed by atoms with Crippen molar-refractivity contribution in [2.45, 2.75) is 204 Å². The number of nitrogens with one attached hydrogen (secondary N) is 11. The number of rotatable bonds is 16. The SMILES string of the molecule is C=C1NC(=O)[C@H](C)NC(=O)[C@H]([C@@H](C)CC)NC2C=Cc3c([C@H](C)O)cc(nc3[C@H]2O)C(=O)O[C@H](C)[C@@H]2NC(=O)c3csc(n3)[C@H]([C@](C)(O)[C@@H](C)O)NC(=O)[C@H]3CSC(=N3)/C(=C/C)NC(=O)[C@H]([C@@H](C)O)NC(=O)c3csc(n3)C3(CCC(c4nc(C(=O)NC(CSCC(NC(C)=O)C(=O)OC)C(N)=O)cs4)=N[C@@H]3c3csc2n3)NC(=O)[C@H](C)NC1=O. The van der Waals surface area contributed by atoms with Crippen LogP contribution in [0.4, 0.5) is 0 Å². The van der Waals surface area contributed by atoms with Gasteiger partial charge in [0.25, 0.3) is 23.6 Å². The minimum absolute atomic E-state index is 0.0206.